The molecule has 0 amide bonds. The van der Waals surface area contributed by atoms with E-state index in [0.717, 1.165) is 25.6 Å². The molecule has 0 atom stereocenters. The molecule has 0 spiro atoms. The van der Waals surface area contributed by atoms with E-state index in [1.807, 2.05) is 13.1 Å². The first-order chi connectivity index (χ1) is 5.06. The second-order valence-corrected chi connectivity index (χ2v) is 7.42. The summed E-state index contributed by atoms with van der Waals surface area (Å²) in [7, 11) is -2.04. The lowest BCUT2D eigenvalue weighted by Crippen LogP contribution is -2.27. The molecular weight excluding hydrogens is 156 g/mol. The molecule has 67 valence electrons. The molecule has 0 aromatic carbocycles. The van der Waals surface area contributed by atoms with E-state index >= 15 is 0 Å². The molecule has 4 heteroatoms. The fourth-order valence-corrected chi connectivity index (χ4v) is 1.89. The highest BCUT2D eigenvalue weighted by Gasteiger charge is 2.18. The fraction of sp³-hybridized carbons (Fsp3) is 1.00. The number of hydrogen-bond donors (Lipinski definition) is 2. The molecule has 0 saturated carbocycles. The zero-order chi connectivity index (χ0) is 8.74. The molecule has 0 unspecified atom stereocenters. The molecule has 0 aromatic rings. The van der Waals surface area contributed by atoms with Crippen LogP contribution in [0.4, 0.5) is 0 Å². The summed E-state index contributed by atoms with van der Waals surface area (Å²) in [5.41, 5.74) is 5.28. The van der Waals surface area contributed by atoms with Gasteiger partial charge in [-0.05, 0) is 32.1 Å². The minimum Gasteiger partial charge on any atom is -0.329 e. The predicted molar refractivity (Wildman–Crippen MR) is 49.5 cm³/mol. The van der Waals surface area contributed by atoms with Crippen molar-refractivity contribution in [1.82, 2.24) is 5.32 Å². The molecule has 3 nitrogen and oxygen atoms in total. The van der Waals surface area contributed by atoms with Gasteiger partial charge in [-0.3, -0.25) is 4.80 Å². The Balaban J connectivity index is 3.02. The Morgan fingerprint density at radius 1 is 1.36 bits per heavy atom. The number of nitrogens with one attached hydrogen (secondary N) is 1. The summed E-state index contributed by atoms with van der Waals surface area (Å²) in [4.78, 5) is 11.2. The third-order valence-electron chi connectivity index (χ3n) is 1.45. The minimum atomic E-state index is -2.04. The van der Waals surface area contributed by atoms with Gasteiger partial charge in [0, 0.05) is 13.1 Å². The van der Waals surface area contributed by atoms with Gasteiger partial charge in [0.25, 0.3) is 0 Å². The summed E-state index contributed by atoms with van der Waals surface area (Å²) in [6.45, 7) is 6.20. The maximum Gasteiger partial charge on any atom is 0.231 e. The summed E-state index contributed by atoms with van der Waals surface area (Å²) in [6.07, 6.45) is 1.00. The van der Waals surface area contributed by atoms with Crippen LogP contribution in [0, 0.1) is 0 Å². The van der Waals surface area contributed by atoms with Crippen LogP contribution in [0.25, 0.3) is 0 Å². The first kappa shape index (κ1) is 11.1. The van der Waals surface area contributed by atoms with E-state index in [4.69, 9.17) is 5.73 Å². The molecule has 0 rings (SSSR count). The molecule has 0 saturated heterocycles. The van der Waals surface area contributed by atoms with Crippen molar-refractivity contribution in [3.63, 3.8) is 0 Å². The van der Waals surface area contributed by atoms with Crippen molar-refractivity contribution < 1.29 is 4.80 Å². The van der Waals surface area contributed by atoms with Crippen LogP contribution in [-0.2, 0) is 4.80 Å². The van der Waals surface area contributed by atoms with Gasteiger partial charge >= 0.3 is 0 Å². The van der Waals surface area contributed by atoms with Crippen molar-refractivity contribution in [2.75, 3.05) is 19.6 Å². The third-order valence-corrected chi connectivity index (χ3v) is 3.01. The number of hydrogen-bond acceptors (Lipinski definition) is 2. The number of nitrogens with two attached hydrogens (primary N) is 1. The molecule has 0 bridgehead atoms. The molecule has 3 N–H and O–H groups in total. The molecule has 0 aromatic heterocycles. The first-order valence-electron chi connectivity index (χ1n) is 4.17. The van der Waals surface area contributed by atoms with Crippen LogP contribution in [0.3, 0.4) is 0 Å². The van der Waals surface area contributed by atoms with Crippen molar-refractivity contribution in [3.05, 3.63) is 0 Å². The second-order valence-electron chi connectivity index (χ2n) is 3.40. The summed E-state index contributed by atoms with van der Waals surface area (Å²) in [5, 5.41) is 3.17. The average molecular weight is 175 g/mol. The maximum atomic E-state index is 11.2. The molecular formula is C7H19N2OSi. The van der Waals surface area contributed by atoms with Crippen LogP contribution >= 0.6 is 0 Å². The van der Waals surface area contributed by atoms with E-state index in [-0.39, 0.29) is 0 Å². The lowest BCUT2D eigenvalue weighted by Gasteiger charge is -2.10. The Kier molecular flexibility index (Phi) is 5.76. The molecule has 0 fully saturated rings. The van der Waals surface area contributed by atoms with Crippen LogP contribution in [0.5, 0.6) is 0 Å². The lowest BCUT2D eigenvalue weighted by atomic mass is 10.5. The van der Waals surface area contributed by atoms with Crippen LogP contribution in [0.2, 0.25) is 19.1 Å². The zero-order valence-electron chi connectivity index (χ0n) is 7.52. The van der Waals surface area contributed by atoms with Crippen molar-refractivity contribution in [2.24, 2.45) is 5.73 Å². The molecule has 0 aliphatic carbocycles. The van der Waals surface area contributed by atoms with Crippen molar-refractivity contribution in [2.45, 2.75) is 25.6 Å². The Morgan fingerprint density at radius 3 is 2.45 bits per heavy atom. The van der Waals surface area contributed by atoms with Gasteiger partial charge in [0.05, 0.1) is 0 Å². The van der Waals surface area contributed by atoms with E-state index in [0.29, 0.717) is 6.54 Å². The highest BCUT2D eigenvalue weighted by Crippen LogP contribution is 2.06. The highest BCUT2D eigenvalue weighted by atomic mass is 28.4. The van der Waals surface area contributed by atoms with Crippen molar-refractivity contribution in [1.29, 1.82) is 0 Å². The van der Waals surface area contributed by atoms with E-state index in [9.17, 15) is 4.80 Å². The SMILES string of the molecule is C[Si](C)([O])CCCNCCN. The lowest BCUT2D eigenvalue weighted by molar-refractivity contribution is 0.424. The summed E-state index contributed by atoms with van der Waals surface area (Å²) in [5.74, 6) is 0. The van der Waals surface area contributed by atoms with Gasteiger partial charge in [-0.1, -0.05) is 0 Å². The van der Waals surface area contributed by atoms with Crippen LogP contribution in [-0.4, -0.2) is 28.0 Å². The Labute approximate surface area is 70.1 Å². The smallest absolute Gasteiger partial charge is 0.231 e. The molecule has 0 heterocycles. The first-order valence-corrected chi connectivity index (χ1v) is 7.29. The van der Waals surface area contributed by atoms with E-state index in [1.165, 1.54) is 0 Å². The van der Waals surface area contributed by atoms with Gasteiger partial charge in [0.15, 0.2) is 0 Å². The maximum absolute atomic E-state index is 11.2. The van der Waals surface area contributed by atoms with Gasteiger partial charge in [0.1, 0.15) is 0 Å². The topological polar surface area (TPSA) is 58.0 Å². The van der Waals surface area contributed by atoms with E-state index in [2.05, 4.69) is 5.32 Å². The monoisotopic (exact) mass is 175 g/mol. The molecule has 0 aliphatic heterocycles. The summed E-state index contributed by atoms with van der Waals surface area (Å²) >= 11 is 0. The normalized spacial score (nSPS) is 12.0. The van der Waals surface area contributed by atoms with Crippen LogP contribution < -0.4 is 11.1 Å². The van der Waals surface area contributed by atoms with Gasteiger partial charge in [-0.15, -0.1) is 0 Å². The third kappa shape index (κ3) is 10.1. The van der Waals surface area contributed by atoms with E-state index < -0.39 is 8.32 Å². The Morgan fingerprint density at radius 2 is 2.00 bits per heavy atom. The van der Waals surface area contributed by atoms with Crippen LogP contribution in [0.15, 0.2) is 0 Å². The molecule has 1 radical (unpaired) electrons. The fourth-order valence-electron chi connectivity index (χ4n) is 0.866. The zero-order valence-corrected chi connectivity index (χ0v) is 8.52. The van der Waals surface area contributed by atoms with E-state index in [1.54, 1.807) is 0 Å². The molecule has 11 heavy (non-hydrogen) atoms. The summed E-state index contributed by atoms with van der Waals surface area (Å²) in [6, 6.07) is 0.866. The van der Waals surface area contributed by atoms with Gasteiger partial charge < -0.3 is 11.1 Å². The standard InChI is InChI=1S/C7H19N2OSi/c1-11(2,10)7-3-5-9-6-4-8/h9H,3-8H2,1-2H3. The van der Waals surface area contributed by atoms with Crippen molar-refractivity contribution >= 4 is 8.32 Å². The molecule has 0 aliphatic rings. The van der Waals surface area contributed by atoms with Crippen molar-refractivity contribution in [3.8, 4) is 0 Å². The largest absolute Gasteiger partial charge is 0.329 e. The Hall–Kier alpha value is 0.0969. The highest BCUT2D eigenvalue weighted by molar-refractivity contribution is 6.69. The second kappa shape index (κ2) is 5.71. The predicted octanol–water partition coefficient (Wildman–Crippen LogP) is 0.560. The Bertz CT molecular complexity index is 92.9. The van der Waals surface area contributed by atoms with Gasteiger partial charge in [-0.2, -0.15) is 0 Å². The number of rotatable bonds is 6. The van der Waals surface area contributed by atoms with Crippen LogP contribution in [0.1, 0.15) is 6.42 Å². The van der Waals surface area contributed by atoms with Gasteiger partial charge in [-0.25, -0.2) is 0 Å². The van der Waals surface area contributed by atoms with Gasteiger partial charge in [0.2, 0.25) is 8.32 Å². The minimum absolute atomic E-state index is 0.679. The average Bonchev–Trinajstić information content (AvgIpc) is 1.85. The summed E-state index contributed by atoms with van der Waals surface area (Å²) < 4.78 is 0. The quantitative estimate of drug-likeness (QED) is 0.458.